The van der Waals surface area contributed by atoms with E-state index in [0.29, 0.717) is 30.2 Å². The van der Waals surface area contributed by atoms with E-state index in [2.05, 4.69) is 15.4 Å². The molecule has 6 nitrogen and oxygen atoms in total. The van der Waals surface area contributed by atoms with E-state index in [-0.39, 0.29) is 24.2 Å². The molecule has 0 aromatic heterocycles. The number of rotatable bonds is 4. The molecular weight excluding hydrogens is 385 g/mol. The van der Waals surface area contributed by atoms with E-state index in [4.69, 9.17) is 11.6 Å². The van der Waals surface area contributed by atoms with E-state index < -0.39 is 11.8 Å². The summed E-state index contributed by atoms with van der Waals surface area (Å²) in [4.78, 5) is 25.9. The number of urea groups is 1. The fourth-order valence-electron chi connectivity index (χ4n) is 3.14. The Morgan fingerprint density at radius 3 is 2.71 bits per heavy atom. The predicted octanol–water partition coefficient (Wildman–Crippen LogP) is 3.12. The minimum Gasteiger partial charge on any atom is -0.465 e. The van der Waals surface area contributed by atoms with Gasteiger partial charge in [-0.3, -0.25) is 0 Å². The van der Waals surface area contributed by atoms with E-state index in [1.165, 1.54) is 19.2 Å². The second kappa shape index (κ2) is 9.03. The van der Waals surface area contributed by atoms with Gasteiger partial charge in [-0.25, -0.2) is 14.0 Å². The maximum Gasteiger partial charge on any atom is 0.337 e. The molecule has 1 aliphatic heterocycles. The maximum absolute atomic E-state index is 14.2. The second-order valence-electron chi connectivity index (χ2n) is 6.42. The second-order valence-corrected chi connectivity index (χ2v) is 6.86. The van der Waals surface area contributed by atoms with Gasteiger partial charge >= 0.3 is 12.0 Å². The van der Waals surface area contributed by atoms with E-state index in [1.807, 2.05) is 12.1 Å². The summed E-state index contributed by atoms with van der Waals surface area (Å²) in [6, 6.07) is 11.0. The molecule has 0 aliphatic carbocycles. The van der Waals surface area contributed by atoms with Gasteiger partial charge in [0, 0.05) is 36.8 Å². The Hall–Kier alpha value is -2.64. The number of hydrogen-bond acceptors (Lipinski definition) is 4. The first-order valence-electron chi connectivity index (χ1n) is 8.87. The Bertz CT molecular complexity index is 860. The molecular formula is C20H21ClFN3O3. The van der Waals surface area contributed by atoms with Crippen LogP contribution in [0.2, 0.25) is 5.02 Å². The molecule has 0 spiro atoms. The number of piperazine rings is 1. The van der Waals surface area contributed by atoms with Gasteiger partial charge in [-0.15, -0.1) is 0 Å². The van der Waals surface area contributed by atoms with Crippen LogP contribution in [-0.4, -0.2) is 43.6 Å². The Balaban J connectivity index is 1.67. The third-order valence-corrected chi connectivity index (χ3v) is 4.92. The van der Waals surface area contributed by atoms with Crippen LogP contribution in [0, 0.1) is 5.82 Å². The van der Waals surface area contributed by atoms with E-state index >= 15 is 0 Å². The highest BCUT2D eigenvalue weighted by atomic mass is 35.5. The van der Waals surface area contributed by atoms with Crippen molar-refractivity contribution in [2.75, 3.05) is 26.7 Å². The monoisotopic (exact) mass is 405 g/mol. The van der Waals surface area contributed by atoms with Crippen molar-refractivity contribution < 1.29 is 18.7 Å². The molecule has 0 radical (unpaired) electrons. The highest BCUT2D eigenvalue weighted by Gasteiger charge is 2.27. The summed E-state index contributed by atoms with van der Waals surface area (Å²) >= 11 is 5.95. The van der Waals surface area contributed by atoms with Crippen LogP contribution in [0.25, 0.3) is 0 Å². The fourth-order valence-corrected chi connectivity index (χ4v) is 3.26. The molecule has 3 rings (SSSR count). The average molecular weight is 406 g/mol. The van der Waals surface area contributed by atoms with Crippen molar-refractivity contribution >= 4 is 23.6 Å². The van der Waals surface area contributed by atoms with Crippen LogP contribution in [0.3, 0.4) is 0 Å². The molecule has 1 heterocycles. The average Bonchev–Trinajstić information content (AvgIpc) is 2.72. The number of esters is 1. The number of methoxy groups -OCH3 is 1. The van der Waals surface area contributed by atoms with Crippen LogP contribution in [0.5, 0.6) is 0 Å². The van der Waals surface area contributed by atoms with Gasteiger partial charge in [0.2, 0.25) is 0 Å². The topological polar surface area (TPSA) is 70.7 Å². The first-order chi connectivity index (χ1) is 13.5. The van der Waals surface area contributed by atoms with Crippen LogP contribution in [0.4, 0.5) is 9.18 Å². The number of benzene rings is 2. The summed E-state index contributed by atoms with van der Waals surface area (Å²) in [5.41, 5.74) is 1.39. The molecule has 1 aliphatic rings. The van der Waals surface area contributed by atoms with Gasteiger partial charge in [-0.1, -0.05) is 29.8 Å². The Kier molecular flexibility index (Phi) is 6.49. The predicted molar refractivity (Wildman–Crippen MR) is 104 cm³/mol. The van der Waals surface area contributed by atoms with Gasteiger partial charge in [0.05, 0.1) is 18.7 Å². The Morgan fingerprint density at radius 2 is 2.04 bits per heavy atom. The zero-order chi connectivity index (χ0) is 20.1. The molecule has 1 saturated heterocycles. The molecule has 1 atom stereocenters. The molecule has 1 fully saturated rings. The molecule has 28 heavy (non-hydrogen) atoms. The third-order valence-electron chi connectivity index (χ3n) is 4.66. The summed E-state index contributed by atoms with van der Waals surface area (Å²) in [6.45, 7) is 1.85. The lowest BCUT2D eigenvalue weighted by atomic mass is 10.0. The maximum atomic E-state index is 14.2. The SMILES string of the molecule is COC(=O)c1ccc(CNC(=O)N2CCNCC2c2ccc(Cl)cc2)c(F)c1. The Labute approximate surface area is 167 Å². The highest BCUT2D eigenvalue weighted by Crippen LogP contribution is 2.24. The van der Waals surface area contributed by atoms with Crippen molar-refractivity contribution in [3.63, 3.8) is 0 Å². The van der Waals surface area contributed by atoms with Crippen LogP contribution in [0.15, 0.2) is 42.5 Å². The highest BCUT2D eigenvalue weighted by molar-refractivity contribution is 6.30. The van der Waals surface area contributed by atoms with Crippen molar-refractivity contribution in [3.8, 4) is 0 Å². The largest absolute Gasteiger partial charge is 0.465 e. The summed E-state index contributed by atoms with van der Waals surface area (Å²) in [5.74, 6) is -1.18. The lowest BCUT2D eigenvalue weighted by molar-refractivity contribution is 0.0600. The van der Waals surface area contributed by atoms with Crippen LogP contribution < -0.4 is 10.6 Å². The third kappa shape index (κ3) is 4.61. The molecule has 148 valence electrons. The van der Waals surface area contributed by atoms with Crippen molar-refractivity contribution in [1.29, 1.82) is 0 Å². The molecule has 8 heteroatoms. The standard InChI is InChI=1S/C20H21ClFN3O3/c1-28-19(26)14-2-3-15(17(22)10-14)11-24-20(27)25-9-8-23-12-18(25)13-4-6-16(21)7-5-13/h2-7,10,18,23H,8-9,11-12H2,1H3,(H,24,27). The number of carbonyl (C=O) groups excluding carboxylic acids is 2. The molecule has 0 saturated carbocycles. The van der Waals surface area contributed by atoms with Gasteiger partial charge < -0.3 is 20.3 Å². The summed E-state index contributed by atoms with van der Waals surface area (Å²) in [5, 5.41) is 6.67. The minimum atomic E-state index is -0.610. The number of nitrogens with zero attached hydrogens (tertiary/aromatic N) is 1. The van der Waals surface area contributed by atoms with Gasteiger partial charge in [0.25, 0.3) is 0 Å². The number of nitrogens with one attached hydrogen (secondary N) is 2. The zero-order valence-corrected chi connectivity index (χ0v) is 16.1. The quantitative estimate of drug-likeness (QED) is 0.767. The Morgan fingerprint density at radius 1 is 1.29 bits per heavy atom. The first-order valence-corrected chi connectivity index (χ1v) is 9.25. The lowest BCUT2D eigenvalue weighted by Crippen LogP contribution is -2.51. The summed E-state index contributed by atoms with van der Waals surface area (Å²) in [7, 11) is 1.24. The van der Waals surface area contributed by atoms with Gasteiger partial charge in [0.1, 0.15) is 5.82 Å². The van der Waals surface area contributed by atoms with Crippen molar-refractivity contribution in [3.05, 3.63) is 70.0 Å². The summed E-state index contributed by atoms with van der Waals surface area (Å²) in [6.07, 6.45) is 0. The zero-order valence-electron chi connectivity index (χ0n) is 15.4. The van der Waals surface area contributed by atoms with Crippen LogP contribution >= 0.6 is 11.6 Å². The normalized spacial score (nSPS) is 16.5. The first kappa shape index (κ1) is 20.1. The molecule has 2 aromatic carbocycles. The molecule has 2 N–H and O–H groups in total. The van der Waals surface area contributed by atoms with E-state index in [1.54, 1.807) is 17.0 Å². The number of halogens is 2. The number of hydrogen-bond donors (Lipinski definition) is 2. The van der Waals surface area contributed by atoms with Crippen LogP contribution in [0.1, 0.15) is 27.5 Å². The van der Waals surface area contributed by atoms with Gasteiger partial charge in [0.15, 0.2) is 0 Å². The van der Waals surface area contributed by atoms with Crippen molar-refractivity contribution in [2.45, 2.75) is 12.6 Å². The minimum absolute atomic E-state index is 0.0172. The van der Waals surface area contributed by atoms with Crippen LogP contribution in [-0.2, 0) is 11.3 Å². The number of carbonyl (C=O) groups is 2. The van der Waals surface area contributed by atoms with E-state index in [9.17, 15) is 14.0 Å². The summed E-state index contributed by atoms with van der Waals surface area (Å²) < 4.78 is 18.8. The number of amides is 2. The van der Waals surface area contributed by atoms with E-state index in [0.717, 1.165) is 11.6 Å². The lowest BCUT2D eigenvalue weighted by Gasteiger charge is -2.36. The molecule has 2 aromatic rings. The van der Waals surface area contributed by atoms with Gasteiger partial charge in [-0.05, 0) is 29.8 Å². The van der Waals surface area contributed by atoms with Crippen molar-refractivity contribution in [2.24, 2.45) is 0 Å². The smallest absolute Gasteiger partial charge is 0.337 e. The number of ether oxygens (including phenoxy) is 1. The van der Waals surface area contributed by atoms with Crippen molar-refractivity contribution in [1.82, 2.24) is 15.5 Å². The molecule has 0 bridgehead atoms. The van der Waals surface area contributed by atoms with Gasteiger partial charge in [-0.2, -0.15) is 0 Å². The fraction of sp³-hybridized carbons (Fsp3) is 0.300. The molecule has 2 amide bonds. The molecule has 1 unspecified atom stereocenters.